The fourth-order valence-corrected chi connectivity index (χ4v) is 2.64. The zero-order valence-electron chi connectivity index (χ0n) is 16.1. The maximum absolute atomic E-state index is 11.9. The van der Waals surface area contributed by atoms with Crippen LogP contribution in [0.1, 0.15) is 52.4 Å². The Morgan fingerprint density at radius 1 is 0.893 bits per heavy atom. The first-order chi connectivity index (χ1) is 13.2. The second kappa shape index (κ2) is 12.0. The first-order valence-electron chi connectivity index (χ1n) is 9.13. The molecule has 0 aliphatic carbocycles. The Morgan fingerprint density at radius 2 is 1.43 bits per heavy atom. The molecule has 0 aromatic rings. The van der Waals surface area contributed by atoms with E-state index >= 15 is 0 Å². The number of rotatable bonds is 4. The van der Waals surface area contributed by atoms with Gasteiger partial charge in [0.25, 0.3) is 0 Å². The molecule has 1 aliphatic rings. The minimum absolute atomic E-state index is 0.0152. The SMILES string of the molecule is CC(=O)C[C@@H]1CCC(=O)/C=C/C(=O)O[C@H](CC(C)=O)CC[C@@H](O)/C=C/C(=O)O1. The van der Waals surface area contributed by atoms with Crippen LogP contribution < -0.4 is 0 Å². The summed E-state index contributed by atoms with van der Waals surface area (Å²) < 4.78 is 10.4. The van der Waals surface area contributed by atoms with Crippen molar-refractivity contribution in [3.05, 3.63) is 24.3 Å². The van der Waals surface area contributed by atoms with Gasteiger partial charge in [-0.2, -0.15) is 0 Å². The Morgan fingerprint density at radius 3 is 2.00 bits per heavy atom. The van der Waals surface area contributed by atoms with Crippen LogP contribution >= 0.6 is 0 Å². The van der Waals surface area contributed by atoms with Crippen molar-refractivity contribution in [2.24, 2.45) is 0 Å². The predicted octanol–water partition coefficient (Wildman–Crippen LogP) is 1.38. The lowest BCUT2D eigenvalue weighted by atomic mass is 10.0. The Labute approximate surface area is 163 Å². The molecule has 0 fully saturated rings. The summed E-state index contributed by atoms with van der Waals surface area (Å²) in [6, 6.07) is 0. The van der Waals surface area contributed by atoms with Gasteiger partial charge in [-0.05, 0) is 45.3 Å². The molecule has 0 amide bonds. The summed E-state index contributed by atoms with van der Waals surface area (Å²) in [5.41, 5.74) is 0. The molecule has 0 spiro atoms. The molecule has 8 heteroatoms. The molecule has 0 saturated heterocycles. The fraction of sp³-hybridized carbons (Fsp3) is 0.550. The number of esters is 2. The fourth-order valence-electron chi connectivity index (χ4n) is 2.64. The van der Waals surface area contributed by atoms with Gasteiger partial charge in [0.2, 0.25) is 0 Å². The van der Waals surface area contributed by atoms with Gasteiger partial charge in [0.05, 0.1) is 6.10 Å². The van der Waals surface area contributed by atoms with E-state index in [0.29, 0.717) is 0 Å². The van der Waals surface area contributed by atoms with Crippen LogP contribution in [0.15, 0.2) is 24.3 Å². The molecule has 0 bridgehead atoms. The predicted molar refractivity (Wildman–Crippen MR) is 98.1 cm³/mol. The minimum Gasteiger partial charge on any atom is -0.459 e. The van der Waals surface area contributed by atoms with Crippen molar-refractivity contribution in [1.29, 1.82) is 0 Å². The lowest BCUT2D eigenvalue weighted by Gasteiger charge is -2.17. The van der Waals surface area contributed by atoms with Crippen LogP contribution in [0, 0.1) is 0 Å². The van der Waals surface area contributed by atoms with E-state index in [-0.39, 0.29) is 55.9 Å². The van der Waals surface area contributed by atoms with Gasteiger partial charge in [-0.1, -0.05) is 0 Å². The molecule has 0 aromatic carbocycles. The largest absolute Gasteiger partial charge is 0.459 e. The molecule has 0 saturated carbocycles. The summed E-state index contributed by atoms with van der Waals surface area (Å²) in [6.45, 7) is 2.71. The van der Waals surface area contributed by atoms with Crippen LogP contribution in [-0.2, 0) is 33.4 Å². The van der Waals surface area contributed by atoms with Crippen molar-refractivity contribution in [2.45, 2.75) is 70.7 Å². The van der Waals surface area contributed by atoms with Crippen LogP contribution in [0.4, 0.5) is 0 Å². The Balaban J connectivity index is 2.93. The highest BCUT2D eigenvalue weighted by molar-refractivity contribution is 5.96. The van der Waals surface area contributed by atoms with Crippen molar-refractivity contribution < 1.29 is 38.6 Å². The average molecular weight is 394 g/mol. The maximum Gasteiger partial charge on any atom is 0.331 e. The number of cyclic esters (lactones) is 2. The first-order valence-corrected chi connectivity index (χ1v) is 9.13. The summed E-state index contributed by atoms with van der Waals surface area (Å²) >= 11 is 0. The zero-order chi connectivity index (χ0) is 21.1. The number of hydrogen-bond donors (Lipinski definition) is 1. The molecule has 0 radical (unpaired) electrons. The van der Waals surface area contributed by atoms with E-state index < -0.39 is 30.3 Å². The van der Waals surface area contributed by atoms with E-state index in [0.717, 1.165) is 18.2 Å². The van der Waals surface area contributed by atoms with Crippen molar-refractivity contribution >= 4 is 29.3 Å². The summed E-state index contributed by atoms with van der Waals surface area (Å²) in [5, 5.41) is 9.97. The molecule has 1 heterocycles. The summed E-state index contributed by atoms with van der Waals surface area (Å²) in [5.74, 6) is -2.25. The third kappa shape index (κ3) is 10.5. The third-order valence-corrected chi connectivity index (χ3v) is 3.95. The number of carbonyl (C=O) groups excluding carboxylic acids is 5. The van der Waals surface area contributed by atoms with Gasteiger partial charge in [0.15, 0.2) is 5.78 Å². The van der Waals surface area contributed by atoms with Crippen LogP contribution in [-0.4, -0.2) is 52.7 Å². The van der Waals surface area contributed by atoms with E-state index in [2.05, 4.69) is 0 Å². The van der Waals surface area contributed by atoms with Crippen molar-refractivity contribution in [3.63, 3.8) is 0 Å². The molecule has 0 aromatic heterocycles. The van der Waals surface area contributed by atoms with Gasteiger partial charge in [0, 0.05) is 31.4 Å². The molecule has 1 aliphatic heterocycles. The van der Waals surface area contributed by atoms with E-state index in [9.17, 15) is 29.1 Å². The first kappa shape index (κ1) is 23.4. The molecule has 1 rings (SSSR count). The standard InChI is InChI=1S/C20H26O8/c1-13(21)11-17-7-3-15(23)6-10-20(26)28-18(12-14(2)22)8-4-16(24)5-9-19(25)27-17/h5-6,9-10,15,17-18,23H,3-4,7-8,11-12H2,1-2H3/b9-5+,10-6+/t15-,17+,18+/m1/s1. The summed E-state index contributed by atoms with van der Waals surface area (Å²) in [7, 11) is 0. The van der Waals surface area contributed by atoms with Gasteiger partial charge < -0.3 is 14.6 Å². The second-order valence-corrected chi connectivity index (χ2v) is 6.77. The summed E-state index contributed by atoms with van der Waals surface area (Å²) in [4.78, 5) is 58.4. The number of aliphatic hydroxyl groups excluding tert-OH is 1. The Bertz CT molecular complexity index is 661. The number of carbonyl (C=O) groups is 5. The molecule has 3 atom stereocenters. The van der Waals surface area contributed by atoms with Gasteiger partial charge in [0.1, 0.15) is 23.8 Å². The zero-order valence-corrected chi connectivity index (χ0v) is 16.1. The van der Waals surface area contributed by atoms with Gasteiger partial charge in [-0.15, -0.1) is 0 Å². The molecule has 28 heavy (non-hydrogen) atoms. The van der Waals surface area contributed by atoms with Crippen molar-refractivity contribution in [2.75, 3.05) is 0 Å². The van der Waals surface area contributed by atoms with E-state index in [1.807, 2.05) is 0 Å². The van der Waals surface area contributed by atoms with E-state index in [1.165, 1.54) is 19.9 Å². The number of hydrogen-bond acceptors (Lipinski definition) is 8. The van der Waals surface area contributed by atoms with Crippen LogP contribution in [0.5, 0.6) is 0 Å². The van der Waals surface area contributed by atoms with Crippen LogP contribution in [0.3, 0.4) is 0 Å². The molecule has 8 nitrogen and oxygen atoms in total. The second-order valence-electron chi connectivity index (χ2n) is 6.77. The van der Waals surface area contributed by atoms with Gasteiger partial charge in [-0.25, -0.2) is 9.59 Å². The lowest BCUT2D eigenvalue weighted by Crippen LogP contribution is -2.23. The number of Topliss-reactive ketones (excluding diaryl/α,β-unsaturated/α-hetero) is 2. The minimum atomic E-state index is -1.00. The number of ketones is 3. The molecule has 154 valence electrons. The van der Waals surface area contributed by atoms with Crippen molar-refractivity contribution in [1.82, 2.24) is 0 Å². The highest BCUT2D eigenvalue weighted by Crippen LogP contribution is 2.14. The number of aliphatic hydroxyl groups is 1. The van der Waals surface area contributed by atoms with E-state index in [4.69, 9.17) is 9.47 Å². The number of ether oxygens (including phenoxy) is 2. The molecule has 0 unspecified atom stereocenters. The van der Waals surface area contributed by atoms with Crippen molar-refractivity contribution in [3.8, 4) is 0 Å². The normalized spacial score (nSPS) is 27.4. The van der Waals surface area contributed by atoms with E-state index in [1.54, 1.807) is 0 Å². The van der Waals surface area contributed by atoms with Gasteiger partial charge in [-0.3, -0.25) is 14.4 Å². The molecule has 1 N–H and O–H groups in total. The van der Waals surface area contributed by atoms with Crippen LogP contribution in [0.25, 0.3) is 0 Å². The smallest absolute Gasteiger partial charge is 0.331 e. The summed E-state index contributed by atoms with van der Waals surface area (Å²) in [6.07, 6.45) is 2.18. The molecular weight excluding hydrogens is 368 g/mol. The Hall–Kier alpha value is -2.61. The van der Waals surface area contributed by atoms with Gasteiger partial charge >= 0.3 is 11.9 Å². The highest BCUT2D eigenvalue weighted by atomic mass is 16.5. The molecular formula is C20H26O8. The monoisotopic (exact) mass is 394 g/mol. The Kier molecular flexibility index (Phi) is 10.0. The lowest BCUT2D eigenvalue weighted by molar-refractivity contribution is -0.145. The topological polar surface area (TPSA) is 124 Å². The highest BCUT2D eigenvalue weighted by Gasteiger charge is 2.19. The van der Waals surface area contributed by atoms with Crippen LogP contribution in [0.2, 0.25) is 0 Å². The maximum atomic E-state index is 11.9. The average Bonchev–Trinajstić information content (AvgIpc) is 2.59. The quantitative estimate of drug-likeness (QED) is 0.709. The number of allylic oxidation sites excluding steroid dienone is 1. The third-order valence-electron chi connectivity index (χ3n) is 3.95.